The SMILES string of the molecule is CCCC(NC(=O)c1ccc(C(=O)O)o1)c1ccc(F)cc1F. The number of nitrogens with one attached hydrogen (secondary N) is 1. The summed E-state index contributed by atoms with van der Waals surface area (Å²) in [6, 6.07) is 4.84. The van der Waals surface area contributed by atoms with E-state index in [0.29, 0.717) is 12.8 Å². The summed E-state index contributed by atoms with van der Waals surface area (Å²) in [7, 11) is 0. The molecule has 0 radical (unpaired) electrons. The Labute approximate surface area is 130 Å². The third kappa shape index (κ3) is 3.94. The van der Waals surface area contributed by atoms with Crippen molar-refractivity contribution in [3.05, 3.63) is 59.1 Å². The molecular formula is C16H15F2NO4. The molecule has 2 aromatic rings. The molecule has 2 rings (SSSR count). The van der Waals surface area contributed by atoms with E-state index in [4.69, 9.17) is 9.52 Å². The quantitative estimate of drug-likeness (QED) is 0.852. The molecule has 0 fully saturated rings. The minimum Gasteiger partial charge on any atom is -0.475 e. The van der Waals surface area contributed by atoms with Gasteiger partial charge in [-0.1, -0.05) is 19.4 Å². The van der Waals surface area contributed by atoms with E-state index < -0.39 is 29.6 Å². The van der Waals surface area contributed by atoms with E-state index >= 15 is 0 Å². The number of carbonyl (C=O) groups excluding carboxylic acids is 1. The van der Waals surface area contributed by atoms with Crippen molar-refractivity contribution < 1.29 is 27.9 Å². The van der Waals surface area contributed by atoms with E-state index in [9.17, 15) is 18.4 Å². The summed E-state index contributed by atoms with van der Waals surface area (Å²) < 4.78 is 31.8. The molecule has 1 aromatic heterocycles. The molecule has 0 aliphatic rings. The molecule has 23 heavy (non-hydrogen) atoms. The molecule has 0 aliphatic heterocycles. The van der Waals surface area contributed by atoms with Crippen LogP contribution >= 0.6 is 0 Å². The number of aromatic carboxylic acids is 1. The van der Waals surface area contributed by atoms with Crippen LogP contribution in [0.25, 0.3) is 0 Å². The Morgan fingerprint density at radius 2 is 1.91 bits per heavy atom. The molecule has 0 saturated carbocycles. The second-order valence-corrected chi connectivity index (χ2v) is 4.95. The molecule has 0 saturated heterocycles. The standard InChI is InChI=1S/C16H15F2NO4/c1-2-3-12(10-5-4-9(17)8-11(10)18)19-15(20)13-6-7-14(23-13)16(21)22/h4-8,12H,2-3H2,1H3,(H,19,20)(H,21,22). The zero-order valence-electron chi connectivity index (χ0n) is 12.3. The van der Waals surface area contributed by atoms with Gasteiger partial charge in [-0.25, -0.2) is 13.6 Å². The Balaban J connectivity index is 2.21. The highest BCUT2D eigenvalue weighted by Gasteiger charge is 2.21. The van der Waals surface area contributed by atoms with Crippen LogP contribution in [0.15, 0.2) is 34.7 Å². The van der Waals surface area contributed by atoms with Crippen LogP contribution in [0.4, 0.5) is 8.78 Å². The van der Waals surface area contributed by atoms with Crippen LogP contribution < -0.4 is 5.32 Å². The molecule has 122 valence electrons. The van der Waals surface area contributed by atoms with E-state index in [-0.39, 0.29) is 17.1 Å². The topological polar surface area (TPSA) is 79.5 Å². The normalized spacial score (nSPS) is 12.0. The fourth-order valence-electron chi connectivity index (χ4n) is 2.18. The highest BCUT2D eigenvalue weighted by Crippen LogP contribution is 2.23. The van der Waals surface area contributed by atoms with Gasteiger partial charge < -0.3 is 14.8 Å². The lowest BCUT2D eigenvalue weighted by atomic mass is 10.0. The Morgan fingerprint density at radius 3 is 2.48 bits per heavy atom. The number of rotatable bonds is 6. The molecule has 0 aliphatic carbocycles. The average molecular weight is 323 g/mol. The van der Waals surface area contributed by atoms with Crippen molar-refractivity contribution in [2.45, 2.75) is 25.8 Å². The van der Waals surface area contributed by atoms with Crippen molar-refractivity contribution in [3.63, 3.8) is 0 Å². The average Bonchev–Trinajstić information content (AvgIpc) is 2.97. The largest absolute Gasteiger partial charge is 0.475 e. The lowest BCUT2D eigenvalue weighted by molar-refractivity contribution is 0.0659. The van der Waals surface area contributed by atoms with E-state index in [0.717, 1.165) is 18.2 Å². The summed E-state index contributed by atoms with van der Waals surface area (Å²) >= 11 is 0. The van der Waals surface area contributed by atoms with Crippen molar-refractivity contribution in [2.75, 3.05) is 0 Å². The lowest BCUT2D eigenvalue weighted by Crippen LogP contribution is -2.29. The van der Waals surface area contributed by atoms with Crippen molar-refractivity contribution in [3.8, 4) is 0 Å². The minimum atomic E-state index is -1.29. The van der Waals surface area contributed by atoms with Crippen LogP contribution in [-0.2, 0) is 0 Å². The van der Waals surface area contributed by atoms with Gasteiger partial charge in [-0.2, -0.15) is 0 Å². The molecule has 0 spiro atoms. The van der Waals surface area contributed by atoms with E-state index in [1.165, 1.54) is 12.1 Å². The molecule has 7 heteroatoms. The number of carboxylic acid groups (broad SMARTS) is 1. The molecular weight excluding hydrogens is 308 g/mol. The number of hydrogen-bond acceptors (Lipinski definition) is 3. The number of carbonyl (C=O) groups is 2. The molecule has 1 unspecified atom stereocenters. The zero-order valence-corrected chi connectivity index (χ0v) is 12.3. The van der Waals surface area contributed by atoms with Gasteiger partial charge in [-0.3, -0.25) is 4.79 Å². The second kappa shape index (κ2) is 7.04. The Kier molecular flexibility index (Phi) is 5.10. The van der Waals surface area contributed by atoms with Gasteiger partial charge in [-0.15, -0.1) is 0 Å². The molecule has 0 bridgehead atoms. The number of benzene rings is 1. The maximum absolute atomic E-state index is 13.9. The van der Waals surface area contributed by atoms with Crippen LogP contribution in [0.1, 0.15) is 52.5 Å². The predicted octanol–water partition coefficient (Wildman–Crippen LogP) is 3.53. The van der Waals surface area contributed by atoms with E-state index in [2.05, 4.69) is 5.32 Å². The van der Waals surface area contributed by atoms with E-state index in [1.807, 2.05) is 6.92 Å². The summed E-state index contributed by atoms with van der Waals surface area (Å²) in [5.74, 6) is -3.97. The van der Waals surface area contributed by atoms with Gasteiger partial charge >= 0.3 is 5.97 Å². The maximum Gasteiger partial charge on any atom is 0.371 e. The molecule has 2 N–H and O–H groups in total. The van der Waals surface area contributed by atoms with Gasteiger partial charge in [0.15, 0.2) is 5.76 Å². The lowest BCUT2D eigenvalue weighted by Gasteiger charge is -2.18. The van der Waals surface area contributed by atoms with Gasteiger partial charge in [0.1, 0.15) is 11.6 Å². The Morgan fingerprint density at radius 1 is 1.22 bits per heavy atom. The molecule has 5 nitrogen and oxygen atoms in total. The van der Waals surface area contributed by atoms with Crippen LogP contribution in [-0.4, -0.2) is 17.0 Å². The summed E-state index contributed by atoms with van der Waals surface area (Å²) in [5.41, 5.74) is 0.159. The Bertz CT molecular complexity index is 727. The van der Waals surface area contributed by atoms with Crippen molar-refractivity contribution in [1.82, 2.24) is 5.32 Å². The second-order valence-electron chi connectivity index (χ2n) is 4.95. The fraction of sp³-hybridized carbons (Fsp3) is 0.250. The molecule has 1 heterocycles. The molecule has 1 atom stereocenters. The first-order valence-electron chi connectivity index (χ1n) is 7.01. The summed E-state index contributed by atoms with van der Waals surface area (Å²) in [5, 5.41) is 11.4. The fourth-order valence-corrected chi connectivity index (χ4v) is 2.18. The summed E-state index contributed by atoms with van der Waals surface area (Å²) in [4.78, 5) is 22.9. The van der Waals surface area contributed by atoms with Crippen LogP contribution in [0.5, 0.6) is 0 Å². The van der Waals surface area contributed by atoms with E-state index in [1.54, 1.807) is 0 Å². The maximum atomic E-state index is 13.9. The van der Waals surface area contributed by atoms with Crippen molar-refractivity contribution in [1.29, 1.82) is 0 Å². The number of furan rings is 1. The van der Waals surface area contributed by atoms with Gasteiger partial charge in [0.25, 0.3) is 5.91 Å². The van der Waals surface area contributed by atoms with Crippen molar-refractivity contribution in [2.24, 2.45) is 0 Å². The van der Waals surface area contributed by atoms with Crippen LogP contribution in [0.3, 0.4) is 0 Å². The highest BCUT2D eigenvalue weighted by molar-refractivity contribution is 5.93. The molecule has 1 amide bonds. The molecule has 1 aromatic carbocycles. The van der Waals surface area contributed by atoms with Gasteiger partial charge in [-0.05, 0) is 24.6 Å². The first kappa shape index (κ1) is 16.7. The Hall–Kier alpha value is -2.70. The van der Waals surface area contributed by atoms with Gasteiger partial charge in [0.05, 0.1) is 6.04 Å². The monoisotopic (exact) mass is 323 g/mol. The minimum absolute atomic E-state index is 0.159. The number of amides is 1. The first-order valence-corrected chi connectivity index (χ1v) is 7.01. The third-order valence-corrected chi connectivity index (χ3v) is 3.26. The number of hydrogen-bond donors (Lipinski definition) is 2. The highest BCUT2D eigenvalue weighted by atomic mass is 19.1. The van der Waals surface area contributed by atoms with Gasteiger partial charge in [0.2, 0.25) is 5.76 Å². The van der Waals surface area contributed by atoms with Gasteiger partial charge in [0, 0.05) is 11.6 Å². The number of halogens is 2. The van der Waals surface area contributed by atoms with Crippen molar-refractivity contribution >= 4 is 11.9 Å². The van der Waals surface area contributed by atoms with Crippen LogP contribution in [0, 0.1) is 11.6 Å². The summed E-state index contributed by atoms with van der Waals surface area (Å²) in [6.07, 6.45) is 1.08. The number of carboxylic acids is 1. The zero-order chi connectivity index (χ0) is 17.0. The third-order valence-electron chi connectivity index (χ3n) is 3.26. The smallest absolute Gasteiger partial charge is 0.371 e. The summed E-state index contributed by atoms with van der Waals surface area (Å²) in [6.45, 7) is 1.86. The predicted molar refractivity (Wildman–Crippen MR) is 77.1 cm³/mol. The van der Waals surface area contributed by atoms with Crippen LogP contribution in [0.2, 0.25) is 0 Å². The first-order chi connectivity index (χ1) is 10.9.